The second kappa shape index (κ2) is 9.33. The number of primary amides is 1. The Labute approximate surface area is 169 Å². The molecule has 1 heterocycles. The minimum absolute atomic E-state index is 0.241. The van der Waals surface area contributed by atoms with E-state index in [1.165, 1.54) is 13.3 Å². The number of nitrogens with zero attached hydrogens (tertiary/aromatic N) is 2. The molecule has 1 unspecified atom stereocenters. The number of rotatable bonds is 8. The van der Waals surface area contributed by atoms with Gasteiger partial charge in [0.25, 0.3) is 11.8 Å². The predicted octanol–water partition coefficient (Wildman–Crippen LogP) is 2.65. The van der Waals surface area contributed by atoms with Crippen LogP contribution in [0.25, 0.3) is 0 Å². The lowest BCUT2D eigenvalue weighted by atomic mass is 10.2. The van der Waals surface area contributed by atoms with Gasteiger partial charge in [-0.1, -0.05) is 18.9 Å². The molecular weight excluding hydrogens is 372 g/mol. The van der Waals surface area contributed by atoms with Crippen LogP contribution in [-0.4, -0.2) is 41.0 Å². The van der Waals surface area contributed by atoms with E-state index >= 15 is 0 Å². The summed E-state index contributed by atoms with van der Waals surface area (Å²) in [5.74, 6) is -0.0618. The largest absolute Gasteiger partial charge is 0.372 e. The van der Waals surface area contributed by atoms with Crippen LogP contribution in [0.3, 0.4) is 0 Å². The molecule has 1 saturated carbocycles. The van der Waals surface area contributed by atoms with Gasteiger partial charge in [0.2, 0.25) is 5.95 Å². The average Bonchev–Trinajstić information content (AvgIpc) is 3.20. The van der Waals surface area contributed by atoms with Crippen molar-refractivity contribution < 1.29 is 14.3 Å². The van der Waals surface area contributed by atoms with E-state index in [2.05, 4.69) is 25.9 Å². The molecule has 1 fully saturated rings. The maximum Gasteiger partial charge on any atom is 0.254 e. The van der Waals surface area contributed by atoms with Crippen LogP contribution in [0.15, 0.2) is 30.5 Å². The molecular formula is C20H26N6O3. The molecule has 0 spiro atoms. The standard InChI is InChI=1S/C20H26N6O3/c1-12(29-2)19(28)24-14-8-5-9-15(10-14)25-20-22-11-16(17(21)27)18(26-20)23-13-6-3-4-7-13/h5,8-13H,3-4,6-7H2,1-2H3,(H2,21,27)(H,24,28)(H2,22,23,25,26). The van der Waals surface area contributed by atoms with Gasteiger partial charge in [-0.15, -0.1) is 0 Å². The molecule has 1 aliphatic carbocycles. The quantitative estimate of drug-likeness (QED) is 0.537. The number of anilines is 4. The number of amides is 2. The van der Waals surface area contributed by atoms with E-state index in [0.717, 1.165) is 25.7 Å². The summed E-state index contributed by atoms with van der Waals surface area (Å²) in [6.45, 7) is 1.67. The van der Waals surface area contributed by atoms with Crippen LogP contribution in [-0.2, 0) is 9.53 Å². The van der Waals surface area contributed by atoms with E-state index in [0.29, 0.717) is 23.1 Å². The first-order chi connectivity index (χ1) is 14.0. The highest BCUT2D eigenvalue weighted by molar-refractivity contribution is 5.97. The van der Waals surface area contributed by atoms with E-state index < -0.39 is 12.0 Å². The summed E-state index contributed by atoms with van der Waals surface area (Å²) in [7, 11) is 1.48. The zero-order chi connectivity index (χ0) is 20.8. The van der Waals surface area contributed by atoms with Gasteiger partial charge in [-0.25, -0.2) is 4.98 Å². The number of aromatic nitrogens is 2. The molecule has 0 aliphatic heterocycles. The predicted molar refractivity (Wildman–Crippen MR) is 111 cm³/mol. The summed E-state index contributed by atoms with van der Waals surface area (Å²) in [6.07, 6.45) is 5.24. The zero-order valence-corrected chi connectivity index (χ0v) is 16.6. The van der Waals surface area contributed by atoms with Crippen molar-refractivity contribution in [3.05, 3.63) is 36.0 Å². The average molecular weight is 398 g/mol. The van der Waals surface area contributed by atoms with Crippen molar-refractivity contribution in [3.63, 3.8) is 0 Å². The topological polar surface area (TPSA) is 131 Å². The Morgan fingerprint density at radius 2 is 1.97 bits per heavy atom. The second-order valence-electron chi connectivity index (χ2n) is 7.02. The molecule has 9 heteroatoms. The van der Waals surface area contributed by atoms with Gasteiger partial charge in [-0.3, -0.25) is 9.59 Å². The number of methoxy groups -OCH3 is 1. The first-order valence-corrected chi connectivity index (χ1v) is 9.60. The van der Waals surface area contributed by atoms with Crippen molar-refractivity contribution in [1.29, 1.82) is 0 Å². The third-order valence-corrected chi connectivity index (χ3v) is 4.86. The first-order valence-electron chi connectivity index (χ1n) is 9.60. The number of nitrogens with two attached hydrogens (primary N) is 1. The monoisotopic (exact) mass is 398 g/mol. The molecule has 0 bridgehead atoms. The van der Waals surface area contributed by atoms with Crippen LogP contribution >= 0.6 is 0 Å². The Bertz CT molecular complexity index is 882. The minimum Gasteiger partial charge on any atom is -0.372 e. The van der Waals surface area contributed by atoms with Crippen LogP contribution < -0.4 is 21.7 Å². The lowest BCUT2D eigenvalue weighted by Gasteiger charge is -2.16. The summed E-state index contributed by atoms with van der Waals surface area (Å²) in [6, 6.07) is 7.43. The van der Waals surface area contributed by atoms with E-state index in [1.807, 2.05) is 6.07 Å². The van der Waals surface area contributed by atoms with Crippen molar-refractivity contribution in [3.8, 4) is 0 Å². The van der Waals surface area contributed by atoms with Gasteiger partial charge in [-0.05, 0) is 38.0 Å². The molecule has 9 nitrogen and oxygen atoms in total. The van der Waals surface area contributed by atoms with Crippen molar-refractivity contribution in [2.75, 3.05) is 23.1 Å². The normalized spacial score (nSPS) is 15.0. The summed E-state index contributed by atoms with van der Waals surface area (Å²) in [5, 5.41) is 9.19. The summed E-state index contributed by atoms with van der Waals surface area (Å²) >= 11 is 0. The fourth-order valence-corrected chi connectivity index (χ4v) is 3.15. The van der Waals surface area contributed by atoms with Gasteiger partial charge in [0.15, 0.2) is 0 Å². The molecule has 2 amide bonds. The van der Waals surface area contributed by atoms with E-state index in [9.17, 15) is 9.59 Å². The highest BCUT2D eigenvalue weighted by atomic mass is 16.5. The number of benzene rings is 1. The Morgan fingerprint density at radius 1 is 1.24 bits per heavy atom. The maximum absolute atomic E-state index is 12.0. The molecule has 154 valence electrons. The number of nitrogens with one attached hydrogen (secondary N) is 3. The third-order valence-electron chi connectivity index (χ3n) is 4.86. The fourth-order valence-electron chi connectivity index (χ4n) is 3.15. The van der Waals surface area contributed by atoms with Crippen LogP contribution in [0.2, 0.25) is 0 Å². The Balaban J connectivity index is 1.76. The van der Waals surface area contributed by atoms with Crippen molar-refractivity contribution in [2.24, 2.45) is 5.73 Å². The first kappa shape index (κ1) is 20.5. The summed E-state index contributed by atoms with van der Waals surface area (Å²) < 4.78 is 5.02. The maximum atomic E-state index is 12.0. The fraction of sp³-hybridized carbons (Fsp3) is 0.400. The molecule has 1 atom stereocenters. The molecule has 1 aromatic heterocycles. The molecule has 0 radical (unpaired) electrons. The summed E-state index contributed by atoms with van der Waals surface area (Å²) in [4.78, 5) is 32.3. The third kappa shape index (κ3) is 5.41. The van der Waals surface area contributed by atoms with Crippen molar-refractivity contribution in [2.45, 2.75) is 44.8 Å². The molecule has 1 aromatic carbocycles. The van der Waals surface area contributed by atoms with Gasteiger partial charge < -0.3 is 26.4 Å². The number of hydrogen-bond donors (Lipinski definition) is 4. The smallest absolute Gasteiger partial charge is 0.254 e. The van der Waals surface area contributed by atoms with Gasteiger partial charge in [0, 0.05) is 30.7 Å². The van der Waals surface area contributed by atoms with E-state index in [4.69, 9.17) is 10.5 Å². The van der Waals surface area contributed by atoms with Crippen LogP contribution in [0.4, 0.5) is 23.1 Å². The second-order valence-corrected chi connectivity index (χ2v) is 7.02. The van der Waals surface area contributed by atoms with Gasteiger partial charge >= 0.3 is 0 Å². The van der Waals surface area contributed by atoms with Crippen LogP contribution in [0, 0.1) is 0 Å². The number of carbonyl (C=O) groups excluding carboxylic acids is 2. The summed E-state index contributed by atoms with van der Waals surface area (Å²) in [5.41, 5.74) is 7.02. The lowest BCUT2D eigenvalue weighted by Crippen LogP contribution is -2.26. The number of hydrogen-bond acceptors (Lipinski definition) is 7. The molecule has 5 N–H and O–H groups in total. The Kier molecular flexibility index (Phi) is 6.61. The Hall–Kier alpha value is -3.20. The van der Waals surface area contributed by atoms with Crippen molar-refractivity contribution >= 4 is 35.0 Å². The van der Waals surface area contributed by atoms with Gasteiger partial charge in [-0.2, -0.15) is 4.98 Å². The number of ether oxygens (including phenoxy) is 1. The van der Waals surface area contributed by atoms with Crippen LogP contribution in [0.5, 0.6) is 0 Å². The molecule has 1 aliphatic rings. The number of carbonyl (C=O) groups is 2. The Morgan fingerprint density at radius 3 is 2.66 bits per heavy atom. The zero-order valence-electron chi connectivity index (χ0n) is 16.6. The SMILES string of the molecule is COC(C)C(=O)Nc1cccc(Nc2ncc(C(N)=O)c(NC3CCCC3)n2)c1. The molecule has 2 aromatic rings. The lowest BCUT2D eigenvalue weighted by molar-refractivity contribution is -0.124. The molecule has 29 heavy (non-hydrogen) atoms. The van der Waals surface area contributed by atoms with Gasteiger partial charge in [0.1, 0.15) is 11.9 Å². The van der Waals surface area contributed by atoms with E-state index in [1.54, 1.807) is 25.1 Å². The highest BCUT2D eigenvalue weighted by Crippen LogP contribution is 2.25. The highest BCUT2D eigenvalue weighted by Gasteiger charge is 2.19. The minimum atomic E-state index is -0.575. The van der Waals surface area contributed by atoms with E-state index in [-0.39, 0.29) is 17.5 Å². The van der Waals surface area contributed by atoms with Gasteiger partial charge in [0.05, 0.1) is 5.56 Å². The molecule has 3 rings (SSSR count). The van der Waals surface area contributed by atoms with Crippen molar-refractivity contribution in [1.82, 2.24) is 9.97 Å². The van der Waals surface area contributed by atoms with Crippen LogP contribution in [0.1, 0.15) is 43.0 Å². The molecule has 0 saturated heterocycles.